The van der Waals surface area contributed by atoms with E-state index in [0.29, 0.717) is 0 Å². The number of hydrogen-bond donors (Lipinski definition) is 0. The highest BCUT2D eigenvalue weighted by atomic mass is 79.9. The Hall–Kier alpha value is -1.13. The van der Waals surface area contributed by atoms with E-state index in [2.05, 4.69) is 44.0 Å². The number of carbonyl (C=O) groups excluding carboxylic acids is 1. The molecule has 0 spiro atoms. The van der Waals surface area contributed by atoms with Crippen molar-refractivity contribution >= 4 is 49.1 Å². The number of anilines is 2. The fraction of sp³-hybridized carbons (Fsp3) is 0.188. The Labute approximate surface area is 135 Å². The fourth-order valence-corrected chi connectivity index (χ4v) is 3.81. The number of para-hydroxylation sites is 1. The molecule has 1 aliphatic rings. The maximum atomic E-state index is 12.2. The van der Waals surface area contributed by atoms with Crippen LogP contribution in [0.5, 0.6) is 0 Å². The number of alkyl halides is 1. The zero-order chi connectivity index (χ0) is 14.3. The predicted octanol–water partition coefficient (Wildman–Crippen LogP) is 5.13. The van der Waals surface area contributed by atoms with Crippen LogP contribution in [0.2, 0.25) is 0 Å². The van der Waals surface area contributed by atoms with Crippen molar-refractivity contribution in [1.29, 1.82) is 0 Å². The largest absolute Gasteiger partial charge is 0.281 e. The summed E-state index contributed by atoms with van der Waals surface area (Å²) in [5, 5.41) is 0. The minimum absolute atomic E-state index is 0.0302. The maximum absolute atomic E-state index is 12.2. The number of carbonyl (C=O) groups is 1. The van der Waals surface area contributed by atoms with Crippen molar-refractivity contribution in [3.05, 3.63) is 58.1 Å². The second-order valence-corrected chi connectivity index (χ2v) is 6.88. The van der Waals surface area contributed by atoms with Gasteiger partial charge in [0.05, 0.1) is 11.4 Å². The van der Waals surface area contributed by atoms with Gasteiger partial charge in [0.1, 0.15) is 0 Å². The molecule has 2 aromatic carbocycles. The van der Waals surface area contributed by atoms with Gasteiger partial charge in [-0.1, -0.05) is 50.1 Å². The monoisotopic (exact) mass is 393 g/mol. The van der Waals surface area contributed by atoms with E-state index < -0.39 is 0 Å². The van der Waals surface area contributed by atoms with E-state index in [-0.39, 0.29) is 10.7 Å². The quantitative estimate of drug-likeness (QED) is 0.567. The first kappa shape index (κ1) is 13.8. The molecule has 102 valence electrons. The SMILES string of the molecule is CC(=O)N1c2ccc(Br)cc2CC(Br)c2ccccc21. The van der Waals surface area contributed by atoms with Gasteiger partial charge in [0.25, 0.3) is 0 Å². The maximum Gasteiger partial charge on any atom is 0.228 e. The van der Waals surface area contributed by atoms with Gasteiger partial charge in [-0.15, -0.1) is 0 Å². The number of amides is 1. The Morgan fingerprint density at radius 1 is 1.20 bits per heavy atom. The lowest BCUT2D eigenvalue weighted by Gasteiger charge is -2.23. The first-order chi connectivity index (χ1) is 9.58. The van der Waals surface area contributed by atoms with E-state index in [1.165, 1.54) is 0 Å². The highest BCUT2D eigenvalue weighted by molar-refractivity contribution is 9.10. The minimum Gasteiger partial charge on any atom is -0.281 e. The Balaban J connectivity index is 2.28. The average molecular weight is 395 g/mol. The summed E-state index contributed by atoms with van der Waals surface area (Å²) in [7, 11) is 0. The number of nitrogens with zero attached hydrogens (tertiary/aromatic N) is 1. The molecule has 1 heterocycles. The van der Waals surface area contributed by atoms with Crippen molar-refractivity contribution in [2.24, 2.45) is 0 Å². The molecule has 1 amide bonds. The normalized spacial score (nSPS) is 17.1. The molecule has 0 aromatic heterocycles. The van der Waals surface area contributed by atoms with Crippen molar-refractivity contribution in [3.8, 4) is 0 Å². The summed E-state index contributed by atoms with van der Waals surface area (Å²) >= 11 is 7.26. The second kappa shape index (κ2) is 5.34. The van der Waals surface area contributed by atoms with Gasteiger partial charge in [-0.2, -0.15) is 0 Å². The minimum atomic E-state index is 0.0302. The van der Waals surface area contributed by atoms with Crippen molar-refractivity contribution in [2.45, 2.75) is 18.2 Å². The van der Waals surface area contributed by atoms with Crippen LogP contribution in [0.25, 0.3) is 0 Å². The number of fused-ring (bicyclic) bond motifs is 2. The molecule has 0 N–H and O–H groups in total. The van der Waals surface area contributed by atoms with Gasteiger partial charge in [-0.3, -0.25) is 9.69 Å². The first-order valence-electron chi connectivity index (χ1n) is 6.40. The van der Waals surface area contributed by atoms with Crippen LogP contribution < -0.4 is 4.90 Å². The molecule has 3 rings (SSSR count). The summed E-state index contributed by atoms with van der Waals surface area (Å²) in [5.74, 6) is 0.0302. The van der Waals surface area contributed by atoms with Crippen LogP contribution >= 0.6 is 31.9 Å². The molecular weight excluding hydrogens is 382 g/mol. The van der Waals surface area contributed by atoms with E-state index in [9.17, 15) is 4.79 Å². The zero-order valence-corrected chi connectivity index (χ0v) is 14.1. The smallest absolute Gasteiger partial charge is 0.228 e. The zero-order valence-electron chi connectivity index (χ0n) is 10.9. The Kier molecular flexibility index (Phi) is 3.69. The molecule has 0 saturated carbocycles. The van der Waals surface area contributed by atoms with Gasteiger partial charge in [0.15, 0.2) is 0 Å². The van der Waals surface area contributed by atoms with Gasteiger partial charge in [-0.25, -0.2) is 0 Å². The molecule has 0 radical (unpaired) electrons. The molecule has 1 unspecified atom stereocenters. The molecule has 0 fully saturated rings. The van der Waals surface area contributed by atoms with Gasteiger partial charge < -0.3 is 0 Å². The molecule has 0 saturated heterocycles. The summed E-state index contributed by atoms with van der Waals surface area (Å²) in [5.41, 5.74) is 4.24. The lowest BCUT2D eigenvalue weighted by molar-refractivity contribution is -0.115. The lowest BCUT2D eigenvalue weighted by atomic mass is 10.0. The highest BCUT2D eigenvalue weighted by Gasteiger charge is 2.27. The molecule has 2 aromatic rings. The highest BCUT2D eigenvalue weighted by Crippen LogP contribution is 2.43. The van der Waals surface area contributed by atoms with Crippen molar-refractivity contribution in [2.75, 3.05) is 4.90 Å². The summed E-state index contributed by atoms with van der Waals surface area (Å²) in [6, 6.07) is 14.1. The fourth-order valence-electron chi connectivity index (χ4n) is 2.66. The van der Waals surface area contributed by atoms with E-state index in [1.807, 2.05) is 30.3 Å². The molecule has 20 heavy (non-hydrogen) atoms. The van der Waals surface area contributed by atoms with Crippen molar-refractivity contribution in [3.63, 3.8) is 0 Å². The van der Waals surface area contributed by atoms with Crippen LogP contribution in [0.4, 0.5) is 11.4 Å². The van der Waals surface area contributed by atoms with Crippen LogP contribution in [-0.2, 0) is 11.2 Å². The summed E-state index contributed by atoms with van der Waals surface area (Å²) in [6.45, 7) is 1.61. The van der Waals surface area contributed by atoms with E-state index in [1.54, 1.807) is 11.8 Å². The predicted molar refractivity (Wildman–Crippen MR) is 88.8 cm³/mol. The standard InChI is InChI=1S/C16H13Br2NO/c1-10(20)19-15-7-6-12(17)8-11(15)9-14(18)13-4-2-3-5-16(13)19/h2-8,14H,9H2,1H3. The summed E-state index contributed by atoms with van der Waals surface area (Å²) in [4.78, 5) is 14.2. The Morgan fingerprint density at radius 3 is 2.70 bits per heavy atom. The first-order valence-corrected chi connectivity index (χ1v) is 8.11. The van der Waals surface area contributed by atoms with Gasteiger partial charge in [-0.05, 0) is 41.8 Å². The molecule has 2 nitrogen and oxygen atoms in total. The van der Waals surface area contributed by atoms with Gasteiger partial charge in [0.2, 0.25) is 5.91 Å². The number of rotatable bonds is 0. The molecule has 1 aliphatic heterocycles. The van der Waals surface area contributed by atoms with Crippen LogP contribution in [0.3, 0.4) is 0 Å². The lowest BCUT2D eigenvalue weighted by Crippen LogP contribution is -2.23. The molecular formula is C16H13Br2NO. The molecule has 4 heteroatoms. The van der Waals surface area contributed by atoms with Gasteiger partial charge >= 0.3 is 0 Å². The van der Waals surface area contributed by atoms with Gasteiger partial charge in [0, 0.05) is 16.2 Å². The molecule has 0 bridgehead atoms. The van der Waals surface area contributed by atoms with E-state index in [0.717, 1.165) is 33.4 Å². The second-order valence-electron chi connectivity index (χ2n) is 4.86. The van der Waals surface area contributed by atoms with E-state index in [4.69, 9.17) is 0 Å². The summed E-state index contributed by atoms with van der Waals surface area (Å²) < 4.78 is 1.03. The number of halogens is 2. The van der Waals surface area contributed by atoms with Crippen LogP contribution in [-0.4, -0.2) is 5.91 Å². The van der Waals surface area contributed by atoms with Crippen molar-refractivity contribution in [1.82, 2.24) is 0 Å². The van der Waals surface area contributed by atoms with Crippen LogP contribution in [0.15, 0.2) is 46.9 Å². The third-order valence-electron chi connectivity index (χ3n) is 3.51. The molecule has 0 aliphatic carbocycles. The third kappa shape index (κ3) is 2.31. The summed E-state index contributed by atoms with van der Waals surface area (Å²) in [6.07, 6.45) is 0.857. The van der Waals surface area contributed by atoms with Crippen LogP contribution in [0.1, 0.15) is 22.9 Å². The number of hydrogen-bond acceptors (Lipinski definition) is 1. The molecule has 1 atom stereocenters. The Morgan fingerprint density at radius 2 is 1.95 bits per heavy atom. The van der Waals surface area contributed by atoms with Crippen molar-refractivity contribution < 1.29 is 4.79 Å². The average Bonchev–Trinajstić information content (AvgIpc) is 2.53. The third-order valence-corrected chi connectivity index (χ3v) is 4.82. The topological polar surface area (TPSA) is 20.3 Å². The van der Waals surface area contributed by atoms with E-state index >= 15 is 0 Å². The number of benzene rings is 2. The Bertz CT molecular complexity index is 684. The van der Waals surface area contributed by atoms with Crippen LogP contribution in [0, 0.1) is 0 Å².